The second-order valence-electron chi connectivity index (χ2n) is 3.46. The van der Waals surface area contributed by atoms with Gasteiger partial charge in [0.15, 0.2) is 11.6 Å². The molecule has 1 unspecified atom stereocenters. The second kappa shape index (κ2) is 5.88. The Morgan fingerprint density at radius 3 is 2.40 bits per heavy atom. The average molecular weight is 237 g/mol. The van der Waals surface area contributed by atoms with E-state index in [1.165, 1.54) is 12.1 Å². The highest BCUT2D eigenvalue weighted by Gasteiger charge is 2.11. The van der Waals surface area contributed by atoms with Crippen LogP contribution in [0.3, 0.4) is 0 Å². The van der Waals surface area contributed by atoms with Gasteiger partial charge in [-0.2, -0.15) is 0 Å². The molecule has 0 aliphatic rings. The van der Waals surface area contributed by atoms with Gasteiger partial charge in [-0.1, -0.05) is 6.07 Å². The van der Waals surface area contributed by atoms with Crippen LogP contribution >= 0.6 is 12.4 Å². The molecule has 1 rings (SSSR count). The molecule has 0 saturated heterocycles. The van der Waals surface area contributed by atoms with Gasteiger partial charge in [-0.3, -0.25) is 0 Å². The van der Waals surface area contributed by atoms with Gasteiger partial charge in [0.25, 0.3) is 0 Å². The molecule has 0 aromatic heterocycles. The van der Waals surface area contributed by atoms with Crippen LogP contribution in [-0.4, -0.2) is 6.04 Å². The van der Waals surface area contributed by atoms with E-state index in [1.54, 1.807) is 0 Å². The highest BCUT2D eigenvalue weighted by molar-refractivity contribution is 5.85. The van der Waals surface area contributed by atoms with E-state index in [1.807, 2.05) is 6.92 Å². The lowest BCUT2D eigenvalue weighted by atomic mass is 10.1. The van der Waals surface area contributed by atoms with E-state index < -0.39 is 11.6 Å². The van der Waals surface area contributed by atoms with E-state index in [0.717, 1.165) is 0 Å². The van der Waals surface area contributed by atoms with Crippen LogP contribution in [0, 0.1) is 11.6 Å². The van der Waals surface area contributed by atoms with Crippen LogP contribution in [0.15, 0.2) is 12.1 Å². The summed E-state index contributed by atoms with van der Waals surface area (Å²) in [4.78, 5) is 0. The lowest BCUT2D eigenvalue weighted by Gasteiger charge is -2.07. The third-order valence-electron chi connectivity index (χ3n) is 2.06. The van der Waals surface area contributed by atoms with Crippen molar-refractivity contribution in [2.75, 3.05) is 5.73 Å². The van der Waals surface area contributed by atoms with Gasteiger partial charge in [0.1, 0.15) is 0 Å². The van der Waals surface area contributed by atoms with Crippen molar-refractivity contribution in [3.05, 3.63) is 29.3 Å². The van der Waals surface area contributed by atoms with Crippen LogP contribution in [0.1, 0.15) is 18.9 Å². The molecule has 1 aromatic carbocycles. The predicted molar refractivity (Wildman–Crippen MR) is 60.0 cm³/mol. The maximum Gasteiger partial charge on any atom is 0.181 e. The molecule has 0 fully saturated rings. The standard InChI is InChI=1S/C10H14F2N2.ClH/c1-6(13)2-3-7-4-5-8(14)10(12)9(7)11;/h4-6H,2-3,13-14H2,1H3;1H. The quantitative estimate of drug-likeness (QED) is 0.791. The van der Waals surface area contributed by atoms with E-state index in [4.69, 9.17) is 11.5 Å². The Morgan fingerprint density at radius 2 is 1.87 bits per heavy atom. The highest BCUT2D eigenvalue weighted by atomic mass is 35.5. The van der Waals surface area contributed by atoms with Gasteiger partial charge < -0.3 is 11.5 Å². The third-order valence-corrected chi connectivity index (χ3v) is 2.06. The van der Waals surface area contributed by atoms with E-state index in [2.05, 4.69) is 0 Å². The van der Waals surface area contributed by atoms with Gasteiger partial charge >= 0.3 is 0 Å². The molecule has 4 N–H and O–H groups in total. The second-order valence-corrected chi connectivity index (χ2v) is 3.46. The SMILES string of the molecule is CC(N)CCc1ccc(N)c(F)c1F.Cl. The number of halogens is 3. The van der Waals surface area contributed by atoms with Gasteiger partial charge in [-0.15, -0.1) is 12.4 Å². The summed E-state index contributed by atoms with van der Waals surface area (Å²) in [5.74, 6) is -1.82. The zero-order chi connectivity index (χ0) is 10.7. The van der Waals surface area contributed by atoms with Crippen molar-refractivity contribution in [1.29, 1.82) is 0 Å². The molecule has 0 saturated carbocycles. The first-order valence-corrected chi connectivity index (χ1v) is 4.50. The molecule has 1 atom stereocenters. The molecule has 0 heterocycles. The van der Waals surface area contributed by atoms with Crippen LogP contribution in [0.5, 0.6) is 0 Å². The van der Waals surface area contributed by atoms with Crippen LogP contribution in [0.25, 0.3) is 0 Å². The molecule has 5 heteroatoms. The fourth-order valence-corrected chi connectivity index (χ4v) is 1.18. The molecule has 0 aliphatic carbocycles. The Balaban J connectivity index is 0.00000196. The maximum absolute atomic E-state index is 13.2. The van der Waals surface area contributed by atoms with Crippen LogP contribution in [0.4, 0.5) is 14.5 Å². The largest absolute Gasteiger partial charge is 0.396 e. The molecule has 0 bridgehead atoms. The van der Waals surface area contributed by atoms with Crippen molar-refractivity contribution in [3.8, 4) is 0 Å². The molecule has 86 valence electrons. The molecule has 0 radical (unpaired) electrons. The van der Waals surface area contributed by atoms with Crippen molar-refractivity contribution in [3.63, 3.8) is 0 Å². The Hall–Kier alpha value is -0.870. The molecule has 1 aromatic rings. The van der Waals surface area contributed by atoms with E-state index >= 15 is 0 Å². The Bertz CT molecular complexity index is 329. The number of nitrogens with two attached hydrogens (primary N) is 2. The summed E-state index contributed by atoms with van der Waals surface area (Å²) >= 11 is 0. The average Bonchev–Trinajstić information content (AvgIpc) is 2.13. The topological polar surface area (TPSA) is 52.0 Å². The Kier molecular flexibility index (Phi) is 5.54. The Morgan fingerprint density at radius 1 is 1.27 bits per heavy atom. The fraction of sp³-hybridized carbons (Fsp3) is 0.400. The normalized spacial score (nSPS) is 12.0. The lowest BCUT2D eigenvalue weighted by molar-refractivity contribution is 0.498. The lowest BCUT2D eigenvalue weighted by Crippen LogP contribution is -2.16. The summed E-state index contributed by atoms with van der Waals surface area (Å²) in [5.41, 5.74) is 10.9. The number of hydrogen-bond acceptors (Lipinski definition) is 2. The minimum Gasteiger partial charge on any atom is -0.396 e. The molecular formula is C10H15ClF2N2. The van der Waals surface area contributed by atoms with Crippen molar-refractivity contribution < 1.29 is 8.78 Å². The van der Waals surface area contributed by atoms with Crippen LogP contribution in [-0.2, 0) is 6.42 Å². The number of benzene rings is 1. The van der Waals surface area contributed by atoms with E-state index in [0.29, 0.717) is 18.4 Å². The van der Waals surface area contributed by atoms with Gasteiger partial charge in [0.05, 0.1) is 5.69 Å². The number of aryl methyl sites for hydroxylation is 1. The number of hydrogen-bond donors (Lipinski definition) is 2. The van der Waals surface area contributed by atoms with Gasteiger partial charge in [0.2, 0.25) is 0 Å². The maximum atomic E-state index is 13.2. The minimum absolute atomic E-state index is 0. The zero-order valence-electron chi connectivity index (χ0n) is 8.47. The first-order valence-electron chi connectivity index (χ1n) is 4.50. The summed E-state index contributed by atoms with van der Waals surface area (Å²) in [7, 11) is 0. The molecular weight excluding hydrogens is 222 g/mol. The summed E-state index contributed by atoms with van der Waals surface area (Å²) in [6.07, 6.45) is 1.06. The summed E-state index contributed by atoms with van der Waals surface area (Å²) < 4.78 is 26.2. The van der Waals surface area contributed by atoms with E-state index in [-0.39, 0.29) is 24.1 Å². The van der Waals surface area contributed by atoms with Crippen LogP contribution < -0.4 is 11.5 Å². The Labute approximate surface area is 94.1 Å². The number of rotatable bonds is 3. The fourth-order valence-electron chi connectivity index (χ4n) is 1.18. The summed E-state index contributed by atoms with van der Waals surface area (Å²) in [6.45, 7) is 1.82. The minimum atomic E-state index is -0.966. The molecule has 0 spiro atoms. The molecule has 2 nitrogen and oxygen atoms in total. The first-order chi connectivity index (χ1) is 6.52. The van der Waals surface area contributed by atoms with E-state index in [9.17, 15) is 8.78 Å². The first kappa shape index (κ1) is 14.1. The molecule has 0 aliphatic heterocycles. The summed E-state index contributed by atoms with van der Waals surface area (Å²) in [5, 5.41) is 0. The van der Waals surface area contributed by atoms with Gasteiger partial charge in [0, 0.05) is 6.04 Å². The van der Waals surface area contributed by atoms with Crippen molar-refractivity contribution in [2.45, 2.75) is 25.8 Å². The predicted octanol–water partition coefficient (Wildman–Crippen LogP) is 2.25. The van der Waals surface area contributed by atoms with Crippen LogP contribution in [0.2, 0.25) is 0 Å². The van der Waals surface area contributed by atoms with Gasteiger partial charge in [-0.25, -0.2) is 8.78 Å². The zero-order valence-corrected chi connectivity index (χ0v) is 9.28. The summed E-state index contributed by atoms with van der Waals surface area (Å²) in [6, 6.07) is 2.85. The molecule has 0 amide bonds. The number of nitrogen functional groups attached to an aromatic ring is 1. The smallest absolute Gasteiger partial charge is 0.181 e. The monoisotopic (exact) mass is 236 g/mol. The number of anilines is 1. The highest BCUT2D eigenvalue weighted by Crippen LogP contribution is 2.19. The van der Waals surface area contributed by atoms with Crippen molar-refractivity contribution >= 4 is 18.1 Å². The van der Waals surface area contributed by atoms with Crippen molar-refractivity contribution in [1.82, 2.24) is 0 Å². The third kappa shape index (κ3) is 3.64. The molecule has 15 heavy (non-hydrogen) atoms. The van der Waals surface area contributed by atoms with Crippen molar-refractivity contribution in [2.24, 2.45) is 5.73 Å². The van der Waals surface area contributed by atoms with Gasteiger partial charge in [-0.05, 0) is 31.4 Å².